The summed E-state index contributed by atoms with van der Waals surface area (Å²) < 4.78 is 0. The summed E-state index contributed by atoms with van der Waals surface area (Å²) in [7, 11) is 0. The molecular formula is C24H29N3O3. The van der Waals surface area contributed by atoms with Gasteiger partial charge in [0, 0.05) is 18.3 Å². The molecule has 0 aliphatic heterocycles. The van der Waals surface area contributed by atoms with E-state index >= 15 is 0 Å². The number of hydrogen-bond donors (Lipinski definition) is 2. The number of rotatable bonds is 9. The number of nitrogens with zero attached hydrogens (tertiary/aromatic N) is 1. The molecule has 0 radical (unpaired) electrons. The molecule has 30 heavy (non-hydrogen) atoms. The van der Waals surface area contributed by atoms with Gasteiger partial charge in [-0.25, -0.2) is 0 Å². The first-order chi connectivity index (χ1) is 14.3. The first kappa shape index (κ1) is 22.9. The fourth-order valence-corrected chi connectivity index (χ4v) is 2.85. The van der Waals surface area contributed by atoms with Gasteiger partial charge in [-0.3, -0.25) is 14.4 Å². The van der Waals surface area contributed by atoms with Gasteiger partial charge in [-0.1, -0.05) is 56.3 Å². The molecule has 2 aromatic rings. The zero-order valence-corrected chi connectivity index (χ0v) is 17.7. The van der Waals surface area contributed by atoms with Crippen molar-refractivity contribution in [1.29, 1.82) is 0 Å². The first-order valence-corrected chi connectivity index (χ1v) is 9.98. The minimum absolute atomic E-state index is 0.103. The average Bonchev–Trinajstić information content (AvgIpc) is 2.70. The number of carbonyl (C=O) groups excluding carboxylic acids is 3. The lowest BCUT2D eigenvalue weighted by Crippen LogP contribution is -2.43. The Kier molecular flexibility index (Phi) is 8.81. The second-order valence-corrected chi connectivity index (χ2v) is 7.55. The molecule has 0 unspecified atom stereocenters. The topological polar surface area (TPSA) is 78.5 Å². The highest BCUT2D eigenvalue weighted by molar-refractivity contribution is 5.97. The largest absolute Gasteiger partial charge is 0.345 e. The maximum atomic E-state index is 12.6. The van der Waals surface area contributed by atoms with Crippen LogP contribution in [0.2, 0.25) is 0 Å². The van der Waals surface area contributed by atoms with Crippen molar-refractivity contribution in [3.05, 3.63) is 71.8 Å². The standard InChI is InChI=1S/C24H29N3O3/c1-18(2)16-27(24(30)13-12-20-9-5-4-6-10-20)17-23(29)25-15-22(28)26-21-11-7-8-19(3)14-21/h4-14,18H,15-17H2,1-3H3,(H,25,29)(H,26,28). The molecule has 0 spiro atoms. The van der Waals surface area contributed by atoms with Crippen molar-refractivity contribution >= 4 is 29.5 Å². The fraction of sp³-hybridized carbons (Fsp3) is 0.292. The molecule has 0 heterocycles. The molecular weight excluding hydrogens is 378 g/mol. The summed E-state index contributed by atoms with van der Waals surface area (Å²) in [6, 6.07) is 16.9. The number of nitrogens with one attached hydrogen (secondary N) is 2. The molecule has 158 valence electrons. The van der Waals surface area contributed by atoms with E-state index in [1.165, 1.54) is 11.0 Å². The van der Waals surface area contributed by atoms with Gasteiger partial charge in [-0.15, -0.1) is 0 Å². The van der Waals surface area contributed by atoms with E-state index in [1.54, 1.807) is 12.1 Å². The molecule has 0 saturated heterocycles. The Bertz CT molecular complexity index is 892. The van der Waals surface area contributed by atoms with Crippen LogP contribution in [0.3, 0.4) is 0 Å². The lowest BCUT2D eigenvalue weighted by Gasteiger charge is -2.22. The lowest BCUT2D eigenvalue weighted by atomic mass is 10.2. The fourth-order valence-electron chi connectivity index (χ4n) is 2.85. The average molecular weight is 408 g/mol. The van der Waals surface area contributed by atoms with Gasteiger partial charge in [0.15, 0.2) is 0 Å². The number of aryl methyl sites for hydroxylation is 1. The van der Waals surface area contributed by atoms with Crippen molar-refractivity contribution in [2.24, 2.45) is 5.92 Å². The molecule has 2 rings (SSSR count). The van der Waals surface area contributed by atoms with Crippen LogP contribution in [0.1, 0.15) is 25.0 Å². The maximum Gasteiger partial charge on any atom is 0.247 e. The minimum Gasteiger partial charge on any atom is -0.345 e. The Labute approximate surface area is 178 Å². The van der Waals surface area contributed by atoms with Gasteiger partial charge < -0.3 is 15.5 Å². The minimum atomic E-state index is -0.378. The van der Waals surface area contributed by atoms with Crippen LogP contribution in [0.4, 0.5) is 5.69 Å². The molecule has 0 aliphatic rings. The van der Waals surface area contributed by atoms with Crippen LogP contribution in [-0.4, -0.2) is 42.3 Å². The highest BCUT2D eigenvalue weighted by Gasteiger charge is 2.17. The third kappa shape index (κ3) is 8.31. The molecule has 2 N–H and O–H groups in total. The van der Waals surface area contributed by atoms with E-state index in [-0.39, 0.29) is 36.7 Å². The van der Waals surface area contributed by atoms with Gasteiger partial charge >= 0.3 is 0 Å². The zero-order valence-electron chi connectivity index (χ0n) is 17.7. The summed E-state index contributed by atoms with van der Waals surface area (Å²) in [5, 5.41) is 5.32. The van der Waals surface area contributed by atoms with Gasteiger partial charge in [-0.05, 0) is 42.2 Å². The lowest BCUT2D eigenvalue weighted by molar-refractivity contribution is -0.133. The Balaban J connectivity index is 1.88. The highest BCUT2D eigenvalue weighted by Crippen LogP contribution is 2.09. The summed E-state index contributed by atoms with van der Waals surface area (Å²) in [6.07, 6.45) is 3.19. The van der Waals surface area contributed by atoms with E-state index in [1.807, 2.05) is 69.3 Å². The number of carbonyl (C=O) groups is 3. The molecule has 2 aromatic carbocycles. The summed E-state index contributed by atoms with van der Waals surface area (Å²) in [6.45, 7) is 6.08. The summed E-state index contributed by atoms with van der Waals surface area (Å²) in [4.78, 5) is 38.4. The van der Waals surface area contributed by atoms with Gasteiger partial charge in [-0.2, -0.15) is 0 Å². The molecule has 0 fully saturated rings. The molecule has 0 saturated carbocycles. The van der Waals surface area contributed by atoms with Crippen molar-refractivity contribution in [2.75, 3.05) is 25.0 Å². The highest BCUT2D eigenvalue weighted by atomic mass is 16.2. The van der Waals surface area contributed by atoms with E-state index in [2.05, 4.69) is 10.6 Å². The molecule has 6 nitrogen and oxygen atoms in total. The van der Waals surface area contributed by atoms with Crippen molar-refractivity contribution < 1.29 is 14.4 Å². The van der Waals surface area contributed by atoms with E-state index in [9.17, 15) is 14.4 Å². The van der Waals surface area contributed by atoms with Crippen LogP contribution in [0.15, 0.2) is 60.7 Å². The molecule has 0 bridgehead atoms. The Morgan fingerprint density at radius 1 is 1.00 bits per heavy atom. The van der Waals surface area contributed by atoms with Crippen LogP contribution in [0.25, 0.3) is 6.08 Å². The van der Waals surface area contributed by atoms with E-state index in [0.717, 1.165) is 11.1 Å². The number of anilines is 1. The zero-order chi connectivity index (χ0) is 21.9. The molecule has 0 aliphatic carbocycles. The van der Waals surface area contributed by atoms with Crippen LogP contribution >= 0.6 is 0 Å². The first-order valence-electron chi connectivity index (χ1n) is 9.98. The van der Waals surface area contributed by atoms with Crippen molar-refractivity contribution in [3.8, 4) is 0 Å². The Morgan fingerprint density at radius 2 is 1.73 bits per heavy atom. The Morgan fingerprint density at radius 3 is 2.40 bits per heavy atom. The maximum absolute atomic E-state index is 12.6. The van der Waals surface area contributed by atoms with Gasteiger partial charge in [0.1, 0.15) is 0 Å². The van der Waals surface area contributed by atoms with E-state index in [0.29, 0.717) is 12.2 Å². The van der Waals surface area contributed by atoms with Crippen LogP contribution in [-0.2, 0) is 14.4 Å². The van der Waals surface area contributed by atoms with Gasteiger partial charge in [0.05, 0.1) is 13.1 Å². The predicted octanol–water partition coefficient (Wildman–Crippen LogP) is 3.25. The van der Waals surface area contributed by atoms with Gasteiger partial charge in [0.2, 0.25) is 17.7 Å². The summed E-state index contributed by atoms with van der Waals surface area (Å²) in [5.41, 5.74) is 2.62. The number of amides is 3. The van der Waals surface area contributed by atoms with E-state index < -0.39 is 0 Å². The second kappa shape index (κ2) is 11.6. The molecule has 6 heteroatoms. The van der Waals surface area contributed by atoms with Crippen LogP contribution < -0.4 is 10.6 Å². The molecule has 3 amide bonds. The van der Waals surface area contributed by atoms with Crippen molar-refractivity contribution in [1.82, 2.24) is 10.2 Å². The van der Waals surface area contributed by atoms with E-state index in [4.69, 9.17) is 0 Å². The quantitative estimate of drug-likeness (QED) is 0.627. The third-order valence-corrected chi connectivity index (χ3v) is 4.20. The summed E-state index contributed by atoms with van der Waals surface area (Å²) >= 11 is 0. The normalized spacial score (nSPS) is 10.8. The van der Waals surface area contributed by atoms with Crippen molar-refractivity contribution in [3.63, 3.8) is 0 Å². The molecule has 0 atom stereocenters. The SMILES string of the molecule is Cc1cccc(NC(=O)CNC(=O)CN(CC(C)C)C(=O)C=Cc2ccccc2)c1. The predicted molar refractivity (Wildman–Crippen MR) is 120 cm³/mol. The van der Waals surface area contributed by atoms with Crippen LogP contribution in [0.5, 0.6) is 0 Å². The third-order valence-electron chi connectivity index (χ3n) is 4.20. The molecule has 0 aromatic heterocycles. The smallest absolute Gasteiger partial charge is 0.247 e. The monoisotopic (exact) mass is 407 g/mol. The Hall–Kier alpha value is -3.41. The van der Waals surface area contributed by atoms with Gasteiger partial charge in [0.25, 0.3) is 0 Å². The summed E-state index contributed by atoms with van der Waals surface area (Å²) in [5.74, 6) is -0.737. The second-order valence-electron chi connectivity index (χ2n) is 7.55. The van der Waals surface area contributed by atoms with Crippen LogP contribution in [0, 0.1) is 12.8 Å². The number of hydrogen-bond acceptors (Lipinski definition) is 3. The number of benzene rings is 2. The van der Waals surface area contributed by atoms with Crippen molar-refractivity contribution in [2.45, 2.75) is 20.8 Å².